The Hall–Kier alpha value is -1.07. The fourth-order valence-electron chi connectivity index (χ4n) is 1.70. The number of furan rings is 1. The Morgan fingerprint density at radius 2 is 2.28 bits per heavy atom. The van der Waals surface area contributed by atoms with Gasteiger partial charge in [-0.05, 0) is 32.4 Å². The summed E-state index contributed by atoms with van der Waals surface area (Å²) in [4.78, 5) is 14.6. The van der Waals surface area contributed by atoms with E-state index < -0.39 is 0 Å². The Bertz CT molecular complexity index is 519. The molecule has 0 aromatic carbocycles. The molecule has 1 fully saturated rings. The Morgan fingerprint density at radius 3 is 2.83 bits per heavy atom. The number of rotatable bonds is 3. The van der Waals surface area contributed by atoms with Crippen LogP contribution >= 0.6 is 24.0 Å². The lowest BCUT2D eigenvalue weighted by Gasteiger charge is -2.21. The highest BCUT2D eigenvalue weighted by Crippen LogP contribution is 2.34. The number of thioether (sulfide) groups is 1. The van der Waals surface area contributed by atoms with Gasteiger partial charge in [-0.15, -0.1) is 0 Å². The number of carbonyl (C=O) groups is 1. The second-order valence-corrected chi connectivity index (χ2v) is 5.93. The maximum absolute atomic E-state index is 12.2. The topological polar surface area (TPSA) is 33.5 Å². The second kappa shape index (κ2) is 5.28. The third kappa shape index (κ3) is 2.52. The summed E-state index contributed by atoms with van der Waals surface area (Å²) in [6.07, 6.45) is 2.65. The lowest BCUT2D eigenvalue weighted by molar-refractivity contribution is -0.123. The molecule has 0 N–H and O–H groups in total. The van der Waals surface area contributed by atoms with Gasteiger partial charge in [-0.1, -0.05) is 30.9 Å². The van der Waals surface area contributed by atoms with E-state index in [1.54, 1.807) is 11.0 Å². The van der Waals surface area contributed by atoms with Crippen LogP contribution in [-0.4, -0.2) is 21.2 Å². The zero-order valence-corrected chi connectivity index (χ0v) is 12.2. The van der Waals surface area contributed by atoms with Crippen molar-refractivity contribution in [3.8, 4) is 0 Å². The van der Waals surface area contributed by atoms with Crippen LogP contribution in [0.25, 0.3) is 6.08 Å². The van der Waals surface area contributed by atoms with E-state index in [0.29, 0.717) is 15.0 Å². The summed E-state index contributed by atoms with van der Waals surface area (Å²) in [7, 11) is 0. The van der Waals surface area contributed by atoms with Gasteiger partial charge in [0.2, 0.25) is 0 Å². The average molecular weight is 281 g/mol. The largest absolute Gasteiger partial charge is 0.462 e. The highest BCUT2D eigenvalue weighted by Gasteiger charge is 2.34. The van der Waals surface area contributed by atoms with Crippen molar-refractivity contribution in [3.05, 3.63) is 28.6 Å². The Morgan fingerprint density at radius 1 is 1.56 bits per heavy atom. The van der Waals surface area contributed by atoms with Crippen LogP contribution in [0.3, 0.4) is 0 Å². The number of thiocarbonyl (C=S) groups is 1. The lowest BCUT2D eigenvalue weighted by Crippen LogP contribution is -2.36. The molecule has 1 aliphatic heterocycles. The summed E-state index contributed by atoms with van der Waals surface area (Å²) in [5, 5.41) is 0. The summed E-state index contributed by atoms with van der Waals surface area (Å²) in [5.74, 6) is 1.50. The minimum absolute atomic E-state index is 0.0200. The fraction of sp³-hybridized carbons (Fsp3) is 0.385. The van der Waals surface area contributed by atoms with Crippen LogP contribution < -0.4 is 0 Å². The maximum Gasteiger partial charge on any atom is 0.266 e. The molecule has 0 spiro atoms. The zero-order valence-electron chi connectivity index (χ0n) is 10.6. The molecule has 0 radical (unpaired) electrons. The second-order valence-electron chi connectivity index (χ2n) is 4.26. The van der Waals surface area contributed by atoms with Crippen molar-refractivity contribution in [2.75, 3.05) is 0 Å². The smallest absolute Gasteiger partial charge is 0.266 e. The normalized spacial score (nSPS) is 19.9. The summed E-state index contributed by atoms with van der Waals surface area (Å²) in [6.45, 7) is 5.93. The van der Waals surface area contributed by atoms with E-state index in [9.17, 15) is 4.79 Å². The molecule has 0 aliphatic carbocycles. The maximum atomic E-state index is 12.2. The van der Waals surface area contributed by atoms with Crippen LogP contribution in [0, 0.1) is 6.92 Å². The molecule has 1 aromatic heterocycles. The standard InChI is InChI=1S/C13H15NO2S2/c1-4-8(2)14-12(15)11(18-13(14)17)7-10-6-5-9(3)16-10/h5-8H,4H2,1-3H3/b11-7+/t8-/m0/s1. The van der Waals surface area contributed by atoms with Crippen molar-refractivity contribution >= 4 is 40.3 Å². The first-order valence-electron chi connectivity index (χ1n) is 5.86. The molecule has 3 nitrogen and oxygen atoms in total. The quantitative estimate of drug-likeness (QED) is 0.626. The van der Waals surface area contributed by atoms with E-state index >= 15 is 0 Å². The van der Waals surface area contributed by atoms with Crippen LogP contribution in [0.15, 0.2) is 21.5 Å². The van der Waals surface area contributed by atoms with Crippen molar-refractivity contribution in [2.24, 2.45) is 0 Å². The van der Waals surface area contributed by atoms with Gasteiger partial charge in [0.15, 0.2) is 0 Å². The minimum Gasteiger partial charge on any atom is -0.462 e. The molecule has 5 heteroatoms. The highest BCUT2D eigenvalue weighted by molar-refractivity contribution is 8.26. The molecular formula is C13H15NO2S2. The van der Waals surface area contributed by atoms with Crippen molar-refractivity contribution in [1.82, 2.24) is 4.90 Å². The number of nitrogens with zero attached hydrogens (tertiary/aromatic N) is 1. The monoisotopic (exact) mass is 281 g/mol. The van der Waals surface area contributed by atoms with Gasteiger partial charge in [0.05, 0.1) is 4.91 Å². The fourth-order valence-corrected chi connectivity index (χ4v) is 3.14. The first kappa shape index (κ1) is 13.4. The minimum atomic E-state index is -0.0200. The Kier molecular flexibility index (Phi) is 3.92. The molecule has 1 amide bonds. The average Bonchev–Trinajstić information content (AvgIpc) is 2.84. The molecule has 0 saturated carbocycles. The third-order valence-corrected chi connectivity index (χ3v) is 4.22. The van der Waals surface area contributed by atoms with Crippen molar-refractivity contribution in [3.63, 3.8) is 0 Å². The lowest BCUT2D eigenvalue weighted by atomic mass is 10.2. The molecule has 2 heterocycles. The van der Waals surface area contributed by atoms with E-state index in [1.165, 1.54) is 11.8 Å². The molecule has 1 aromatic rings. The molecule has 0 bridgehead atoms. The van der Waals surface area contributed by atoms with Crippen LogP contribution in [0.1, 0.15) is 31.8 Å². The number of hydrogen-bond donors (Lipinski definition) is 0. The molecule has 1 atom stereocenters. The molecule has 0 unspecified atom stereocenters. The van der Waals surface area contributed by atoms with E-state index in [4.69, 9.17) is 16.6 Å². The highest BCUT2D eigenvalue weighted by atomic mass is 32.2. The molecule has 1 saturated heterocycles. The van der Waals surface area contributed by atoms with Crippen LogP contribution in [-0.2, 0) is 4.79 Å². The van der Waals surface area contributed by atoms with E-state index in [2.05, 4.69) is 0 Å². The number of hydrogen-bond acceptors (Lipinski definition) is 4. The number of carbonyl (C=O) groups excluding carboxylic acids is 1. The van der Waals surface area contributed by atoms with Gasteiger partial charge in [0.25, 0.3) is 5.91 Å². The molecular weight excluding hydrogens is 266 g/mol. The third-order valence-electron chi connectivity index (χ3n) is 2.89. The summed E-state index contributed by atoms with van der Waals surface area (Å²) < 4.78 is 6.08. The van der Waals surface area contributed by atoms with Gasteiger partial charge in [-0.25, -0.2) is 0 Å². The first-order chi connectivity index (χ1) is 8.52. The zero-order chi connectivity index (χ0) is 13.3. The summed E-state index contributed by atoms with van der Waals surface area (Å²) in [5.41, 5.74) is 0. The number of aryl methyl sites for hydroxylation is 1. The molecule has 1 aliphatic rings. The first-order valence-corrected chi connectivity index (χ1v) is 7.09. The van der Waals surface area contributed by atoms with Crippen molar-refractivity contribution in [1.29, 1.82) is 0 Å². The van der Waals surface area contributed by atoms with Gasteiger partial charge in [0.1, 0.15) is 15.8 Å². The van der Waals surface area contributed by atoms with Gasteiger partial charge >= 0.3 is 0 Å². The van der Waals surface area contributed by atoms with E-state index in [0.717, 1.165) is 12.2 Å². The molecule has 2 rings (SSSR count). The van der Waals surface area contributed by atoms with Crippen LogP contribution in [0.5, 0.6) is 0 Å². The predicted octanol–water partition coefficient (Wildman–Crippen LogP) is 3.59. The van der Waals surface area contributed by atoms with E-state index in [-0.39, 0.29) is 11.9 Å². The van der Waals surface area contributed by atoms with Gasteiger partial charge in [-0.3, -0.25) is 9.69 Å². The molecule has 18 heavy (non-hydrogen) atoms. The van der Waals surface area contributed by atoms with Gasteiger partial charge < -0.3 is 4.42 Å². The van der Waals surface area contributed by atoms with Crippen LogP contribution in [0.2, 0.25) is 0 Å². The van der Waals surface area contributed by atoms with Gasteiger partial charge in [0, 0.05) is 12.1 Å². The molecule has 96 valence electrons. The Labute approximate surface area is 116 Å². The number of amides is 1. The summed E-state index contributed by atoms with van der Waals surface area (Å²) in [6, 6.07) is 3.87. The summed E-state index contributed by atoms with van der Waals surface area (Å²) >= 11 is 6.59. The Balaban J connectivity index is 2.25. The SMILES string of the molecule is CC[C@H](C)N1C(=O)/C(=C\c2ccc(C)o2)SC1=S. The van der Waals surface area contributed by atoms with Gasteiger partial charge in [-0.2, -0.15) is 0 Å². The van der Waals surface area contributed by atoms with E-state index in [1.807, 2.05) is 32.9 Å². The van der Waals surface area contributed by atoms with Crippen LogP contribution in [0.4, 0.5) is 0 Å². The van der Waals surface area contributed by atoms with Crippen molar-refractivity contribution in [2.45, 2.75) is 33.2 Å². The predicted molar refractivity (Wildman–Crippen MR) is 78.2 cm³/mol. The van der Waals surface area contributed by atoms with Crippen molar-refractivity contribution < 1.29 is 9.21 Å².